The number of nitrogens with zero attached hydrogens (tertiary/aromatic N) is 1. The Balaban J connectivity index is 2.03. The monoisotopic (exact) mass is 285 g/mol. The second kappa shape index (κ2) is 5.44. The maximum atomic E-state index is 12.0. The smallest absolute Gasteiger partial charge is 0.242 e. The van der Waals surface area contributed by atoms with Crippen molar-refractivity contribution in [3.8, 4) is 0 Å². The SMILES string of the molecule is Nc1ccc(S(=O)(=O)NCC2(O)CCCCC2)cn1. The van der Waals surface area contributed by atoms with E-state index in [9.17, 15) is 13.5 Å². The average Bonchev–Trinajstić information content (AvgIpc) is 2.38. The zero-order chi connectivity index (χ0) is 13.9. The molecule has 0 unspecified atom stereocenters. The fourth-order valence-electron chi connectivity index (χ4n) is 2.25. The number of nitrogens with two attached hydrogens (primary N) is 1. The molecule has 0 radical (unpaired) electrons. The predicted octanol–water partition coefficient (Wildman–Crippen LogP) is 0.637. The van der Waals surface area contributed by atoms with Crippen LogP contribution in [0.3, 0.4) is 0 Å². The van der Waals surface area contributed by atoms with Crippen LogP contribution < -0.4 is 10.5 Å². The molecule has 0 aliphatic heterocycles. The highest BCUT2D eigenvalue weighted by molar-refractivity contribution is 7.89. The highest BCUT2D eigenvalue weighted by Crippen LogP contribution is 2.27. The van der Waals surface area contributed by atoms with Gasteiger partial charge in [0.05, 0.1) is 5.60 Å². The molecule has 6 nitrogen and oxygen atoms in total. The van der Waals surface area contributed by atoms with E-state index in [4.69, 9.17) is 5.73 Å². The summed E-state index contributed by atoms with van der Waals surface area (Å²) in [6.07, 6.45) is 5.44. The molecule has 0 bridgehead atoms. The Morgan fingerprint density at radius 2 is 2.00 bits per heavy atom. The maximum Gasteiger partial charge on any atom is 0.242 e. The Kier molecular flexibility index (Phi) is 4.07. The van der Waals surface area contributed by atoms with E-state index >= 15 is 0 Å². The van der Waals surface area contributed by atoms with Gasteiger partial charge in [-0.2, -0.15) is 0 Å². The lowest BCUT2D eigenvalue weighted by Crippen LogP contribution is -2.44. The molecule has 7 heteroatoms. The van der Waals surface area contributed by atoms with Crippen molar-refractivity contribution in [1.29, 1.82) is 0 Å². The van der Waals surface area contributed by atoms with E-state index in [1.54, 1.807) is 0 Å². The van der Waals surface area contributed by atoms with Gasteiger partial charge in [-0.25, -0.2) is 18.1 Å². The van der Waals surface area contributed by atoms with Gasteiger partial charge in [-0.05, 0) is 25.0 Å². The van der Waals surface area contributed by atoms with E-state index in [1.165, 1.54) is 18.3 Å². The van der Waals surface area contributed by atoms with Gasteiger partial charge in [-0.3, -0.25) is 0 Å². The maximum absolute atomic E-state index is 12.0. The first-order valence-electron chi connectivity index (χ1n) is 6.35. The average molecular weight is 285 g/mol. The molecule has 1 heterocycles. The summed E-state index contributed by atoms with van der Waals surface area (Å²) in [6.45, 7) is 0.0414. The van der Waals surface area contributed by atoms with E-state index < -0.39 is 15.6 Å². The van der Waals surface area contributed by atoms with Crippen molar-refractivity contribution in [2.75, 3.05) is 12.3 Å². The fourth-order valence-corrected chi connectivity index (χ4v) is 3.31. The number of anilines is 1. The normalized spacial score (nSPS) is 19.2. The van der Waals surface area contributed by atoms with Crippen LogP contribution in [0, 0.1) is 0 Å². The molecule has 1 saturated carbocycles. The summed E-state index contributed by atoms with van der Waals surface area (Å²) in [5.41, 5.74) is 4.49. The zero-order valence-corrected chi connectivity index (χ0v) is 11.5. The molecule has 0 aromatic carbocycles. The standard InChI is InChI=1S/C12H19N3O3S/c13-11-5-4-10(8-14-11)19(17,18)15-9-12(16)6-2-1-3-7-12/h4-5,8,15-16H,1-3,6-7,9H2,(H2,13,14). The number of nitrogens with one attached hydrogen (secondary N) is 1. The van der Waals surface area contributed by atoms with Crippen LogP contribution >= 0.6 is 0 Å². The third-order valence-electron chi connectivity index (χ3n) is 3.45. The molecule has 1 aromatic heterocycles. The lowest BCUT2D eigenvalue weighted by atomic mass is 9.85. The molecule has 1 aliphatic carbocycles. The quantitative estimate of drug-likeness (QED) is 0.752. The van der Waals surface area contributed by atoms with E-state index in [0.29, 0.717) is 12.8 Å². The number of aliphatic hydroxyl groups is 1. The summed E-state index contributed by atoms with van der Waals surface area (Å²) in [4.78, 5) is 3.81. The minimum atomic E-state index is -3.64. The van der Waals surface area contributed by atoms with Crippen LogP contribution in [-0.4, -0.2) is 30.7 Å². The first kappa shape index (κ1) is 14.2. The number of aromatic nitrogens is 1. The van der Waals surface area contributed by atoms with Gasteiger partial charge in [-0.15, -0.1) is 0 Å². The molecule has 0 atom stereocenters. The van der Waals surface area contributed by atoms with Gasteiger partial charge >= 0.3 is 0 Å². The van der Waals surface area contributed by atoms with Crippen molar-refractivity contribution >= 4 is 15.8 Å². The summed E-state index contributed by atoms with van der Waals surface area (Å²) >= 11 is 0. The lowest BCUT2D eigenvalue weighted by molar-refractivity contribution is 0.00945. The molecule has 2 rings (SSSR count). The Morgan fingerprint density at radius 1 is 1.32 bits per heavy atom. The predicted molar refractivity (Wildman–Crippen MR) is 71.9 cm³/mol. The number of rotatable bonds is 4. The topological polar surface area (TPSA) is 105 Å². The number of sulfonamides is 1. The van der Waals surface area contributed by atoms with Crippen LogP contribution in [0.25, 0.3) is 0 Å². The molecule has 4 N–H and O–H groups in total. The molecule has 19 heavy (non-hydrogen) atoms. The van der Waals surface area contributed by atoms with E-state index in [-0.39, 0.29) is 17.3 Å². The van der Waals surface area contributed by atoms with Gasteiger partial charge in [0.15, 0.2) is 0 Å². The number of nitrogen functional groups attached to an aromatic ring is 1. The highest BCUT2D eigenvalue weighted by atomic mass is 32.2. The van der Waals surface area contributed by atoms with Crippen molar-refractivity contribution < 1.29 is 13.5 Å². The van der Waals surface area contributed by atoms with Gasteiger partial charge in [0.2, 0.25) is 10.0 Å². The summed E-state index contributed by atoms with van der Waals surface area (Å²) in [6, 6.07) is 2.83. The summed E-state index contributed by atoms with van der Waals surface area (Å²) in [5.74, 6) is 0.268. The zero-order valence-electron chi connectivity index (χ0n) is 10.7. The molecular weight excluding hydrogens is 266 g/mol. The highest BCUT2D eigenvalue weighted by Gasteiger charge is 2.30. The molecule has 1 aromatic rings. The van der Waals surface area contributed by atoms with Crippen LogP contribution in [0.5, 0.6) is 0 Å². The summed E-state index contributed by atoms with van der Waals surface area (Å²) < 4.78 is 26.5. The third kappa shape index (κ3) is 3.65. The van der Waals surface area contributed by atoms with Crippen molar-refractivity contribution in [3.05, 3.63) is 18.3 Å². The molecule has 0 spiro atoms. The molecular formula is C12H19N3O3S. The van der Waals surface area contributed by atoms with Gasteiger partial charge in [0.25, 0.3) is 0 Å². The minimum Gasteiger partial charge on any atom is -0.389 e. The molecule has 1 aliphatic rings. The largest absolute Gasteiger partial charge is 0.389 e. The van der Waals surface area contributed by atoms with Crippen molar-refractivity contribution in [2.45, 2.75) is 42.6 Å². The van der Waals surface area contributed by atoms with Gasteiger partial charge in [-0.1, -0.05) is 19.3 Å². The molecule has 0 saturated heterocycles. The van der Waals surface area contributed by atoms with E-state index in [0.717, 1.165) is 19.3 Å². The molecule has 1 fully saturated rings. The number of pyridine rings is 1. The van der Waals surface area contributed by atoms with Crippen LogP contribution in [0.1, 0.15) is 32.1 Å². The van der Waals surface area contributed by atoms with Crippen LogP contribution in [0.15, 0.2) is 23.2 Å². The number of hydrogen-bond donors (Lipinski definition) is 3. The Bertz CT molecular complexity index is 522. The summed E-state index contributed by atoms with van der Waals surface area (Å²) in [5, 5.41) is 10.3. The van der Waals surface area contributed by atoms with Gasteiger partial charge in [0, 0.05) is 12.7 Å². The summed E-state index contributed by atoms with van der Waals surface area (Å²) in [7, 11) is -3.64. The Hall–Kier alpha value is -1.18. The Labute approximate surface area is 113 Å². The van der Waals surface area contributed by atoms with Crippen molar-refractivity contribution in [2.24, 2.45) is 0 Å². The number of hydrogen-bond acceptors (Lipinski definition) is 5. The van der Waals surface area contributed by atoms with Crippen LogP contribution in [-0.2, 0) is 10.0 Å². The fraction of sp³-hybridized carbons (Fsp3) is 0.583. The van der Waals surface area contributed by atoms with Crippen LogP contribution in [0.2, 0.25) is 0 Å². The van der Waals surface area contributed by atoms with E-state index in [1.807, 2.05) is 0 Å². The first-order chi connectivity index (χ1) is 8.91. The van der Waals surface area contributed by atoms with Crippen molar-refractivity contribution in [1.82, 2.24) is 9.71 Å². The second-order valence-electron chi connectivity index (χ2n) is 5.03. The van der Waals surface area contributed by atoms with Crippen LogP contribution in [0.4, 0.5) is 5.82 Å². The third-order valence-corrected chi connectivity index (χ3v) is 4.83. The first-order valence-corrected chi connectivity index (χ1v) is 7.83. The van der Waals surface area contributed by atoms with Crippen molar-refractivity contribution in [3.63, 3.8) is 0 Å². The minimum absolute atomic E-state index is 0.0414. The lowest BCUT2D eigenvalue weighted by Gasteiger charge is -2.31. The van der Waals surface area contributed by atoms with Gasteiger partial charge in [0.1, 0.15) is 10.7 Å². The van der Waals surface area contributed by atoms with E-state index in [2.05, 4.69) is 9.71 Å². The second-order valence-corrected chi connectivity index (χ2v) is 6.80. The molecule has 0 amide bonds. The van der Waals surface area contributed by atoms with Gasteiger partial charge < -0.3 is 10.8 Å². The Morgan fingerprint density at radius 3 is 2.58 bits per heavy atom. The molecule has 106 valence electrons.